The van der Waals surface area contributed by atoms with Crippen molar-refractivity contribution in [3.05, 3.63) is 29.8 Å². The zero-order chi connectivity index (χ0) is 14.5. The number of phenolic OH excluding ortho intramolecular Hbond substituents is 1. The molecule has 7 heteroatoms. The van der Waals surface area contributed by atoms with Crippen LogP contribution in [0.3, 0.4) is 0 Å². The normalized spacial score (nSPS) is 17.9. The zero-order valence-corrected chi connectivity index (χ0v) is 10.8. The lowest BCUT2D eigenvalue weighted by Crippen LogP contribution is -2.29. The Bertz CT molecular complexity index is 595. The maximum absolute atomic E-state index is 11.6. The number of hydrogen-bond donors (Lipinski definition) is 3. The van der Waals surface area contributed by atoms with Gasteiger partial charge in [-0.15, -0.1) is 0 Å². The molecule has 1 aromatic rings. The van der Waals surface area contributed by atoms with Crippen LogP contribution in [-0.4, -0.2) is 28.8 Å². The molecule has 0 radical (unpaired) electrons. The Balaban J connectivity index is 1.86. The Kier molecular flexibility index (Phi) is 4.09. The summed E-state index contributed by atoms with van der Waals surface area (Å²) in [6, 6.07) is 6.45. The highest BCUT2D eigenvalue weighted by molar-refractivity contribution is 6.09. The van der Waals surface area contributed by atoms with Crippen LogP contribution in [-0.2, 0) is 9.59 Å². The van der Waals surface area contributed by atoms with Crippen LogP contribution in [0.2, 0.25) is 0 Å². The molecule has 3 N–H and O–H groups in total. The van der Waals surface area contributed by atoms with E-state index in [0.29, 0.717) is 11.3 Å². The largest absolute Gasteiger partial charge is 0.508 e. The molecule has 1 heterocycles. The number of nitrogens with zero attached hydrogens (tertiary/aromatic N) is 2. The Labute approximate surface area is 115 Å². The molecule has 0 fully saturated rings. The lowest BCUT2D eigenvalue weighted by atomic mass is 10.0. The van der Waals surface area contributed by atoms with E-state index in [1.54, 1.807) is 19.1 Å². The van der Waals surface area contributed by atoms with Gasteiger partial charge in [-0.1, -0.05) is 12.1 Å². The van der Waals surface area contributed by atoms with Gasteiger partial charge in [-0.3, -0.25) is 9.59 Å². The second-order valence-electron chi connectivity index (χ2n) is 4.37. The zero-order valence-electron chi connectivity index (χ0n) is 10.8. The number of amides is 2. The van der Waals surface area contributed by atoms with Gasteiger partial charge in [0.25, 0.3) is 0 Å². The summed E-state index contributed by atoms with van der Waals surface area (Å²) in [5.74, 6) is -1.08. The number of carbonyl (C=O) groups excluding carboxylic acids is 2. The van der Waals surface area contributed by atoms with Gasteiger partial charge >= 0.3 is 0 Å². The molecule has 0 aliphatic carbocycles. The first kappa shape index (κ1) is 13.7. The highest BCUT2D eigenvalue weighted by Crippen LogP contribution is 2.11. The van der Waals surface area contributed by atoms with Gasteiger partial charge in [-0.05, 0) is 24.6 Å². The van der Waals surface area contributed by atoms with Gasteiger partial charge in [0.05, 0.1) is 12.1 Å². The van der Waals surface area contributed by atoms with Crippen LogP contribution in [0.1, 0.15) is 18.9 Å². The van der Waals surface area contributed by atoms with Crippen LogP contribution in [0.5, 0.6) is 5.75 Å². The van der Waals surface area contributed by atoms with E-state index < -0.39 is 5.92 Å². The minimum atomic E-state index is -0.536. The highest BCUT2D eigenvalue weighted by atomic mass is 16.3. The average molecular weight is 274 g/mol. The second-order valence-corrected chi connectivity index (χ2v) is 4.37. The first-order valence-electron chi connectivity index (χ1n) is 6.01. The Morgan fingerprint density at radius 1 is 1.60 bits per heavy atom. The van der Waals surface area contributed by atoms with Gasteiger partial charge in [-0.25, -0.2) is 10.9 Å². The molecule has 2 amide bonds. The molecule has 0 aromatic heterocycles. The predicted octanol–water partition coefficient (Wildman–Crippen LogP) is 0.354. The summed E-state index contributed by atoms with van der Waals surface area (Å²) < 4.78 is 0. The van der Waals surface area contributed by atoms with Gasteiger partial charge in [-0.2, -0.15) is 10.2 Å². The van der Waals surface area contributed by atoms with Crippen molar-refractivity contribution >= 4 is 23.7 Å². The maximum atomic E-state index is 11.6. The van der Waals surface area contributed by atoms with Gasteiger partial charge in [0, 0.05) is 12.1 Å². The minimum absolute atomic E-state index is 0.00144. The molecular weight excluding hydrogens is 260 g/mol. The van der Waals surface area contributed by atoms with Gasteiger partial charge in [0.15, 0.2) is 0 Å². The number of rotatable bonds is 4. The van der Waals surface area contributed by atoms with Crippen LogP contribution >= 0.6 is 0 Å². The second kappa shape index (κ2) is 5.96. The number of phenols is 1. The van der Waals surface area contributed by atoms with Gasteiger partial charge in [0.1, 0.15) is 5.75 Å². The molecule has 1 aliphatic rings. The van der Waals surface area contributed by atoms with Crippen LogP contribution in [0.15, 0.2) is 34.5 Å². The smallest absolute Gasteiger partial charge is 0.249 e. The maximum Gasteiger partial charge on any atom is 0.249 e. The molecule has 1 aliphatic heterocycles. The molecule has 1 aromatic carbocycles. The summed E-state index contributed by atoms with van der Waals surface area (Å²) in [5, 5.41) is 16.8. The van der Waals surface area contributed by atoms with E-state index in [9.17, 15) is 14.7 Å². The highest BCUT2D eigenvalue weighted by Gasteiger charge is 2.28. The summed E-state index contributed by atoms with van der Waals surface area (Å²) in [7, 11) is 0. The third-order valence-electron chi connectivity index (χ3n) is 2.83. The quantitative estimate of drug-likeness (QED) is 0.545. The van der Waals surface area contributed by atoms with E-state index >= 15 is 0 Å². The predicted molar refractivity (Wildman–Crippen MR) is 73.2 cm³/mol. The van der Waals surface area contributed by atoms with E-state index in [-0.39, 0.29) is 24.0 Å². The van der Waals surface area contributed by atoms with Crippen molar-refractivity contribution in [2.24, 2.45) is 16.1 Å². The number of nitrogens with one attached hydrogen (secondary N) is 2. The number of hydrogen-bond acceptors (Lipinski definition) is 5. The molecule has 0 saturated carbocycles. The SMILES string of the molecule is CC1=NNC(=O)C1CC(=O)NN=Cc1cccc(O)c1. The van der Waals surface area contributed by atoms with Crippen molar-refractivity contribution in [3.63, 3.8) is 0 Å². The Morgan fingerprint density at radius 3 is 3.05 bits per heavy atom. The monoisotopic (exact) mass is 274 g/mol. The van der Waals surface area contributed by atoms with E-state index in [4.69, 9.17) is 0 Å². The number of benzene rings is 1. The van der Waals surface area contributed by atoms with Crippen molar-refractivity contribution in [2.75, 3.05) is 0 Å². The first-order valence-corrected chi connectivity index (χ1v) is 6.01. The molecule has 0 saturated heterocycles. The fourth-order valence-electron chi connectivity index (χ4n) is 1.74. The molecule has 104 valence electrons. The average Bonchev–Trinajstić information content (AvgIpc) is 2.71. The molecular formula is C13H14N4O3. The van der Waals surface area contributed by atoms with Gasteiger partial charge < -0.3 is 5.11 Å². The summed E-state index contributed by atoms with van der Waals surface area (Å²) in [5.41, 5.74) is 5.89. The van der Waals surface area contributed by atoms with E-state index in [2.05, 4.69) is 21.1 Å². The molecule has 2 rings (SSSR count). The lowest BCUT2D eigenvalue weighted by molar-refractivity contribution is -0.127. The molecule has 1 unspecified atom stereocenters. The molecule has 7 nitrogen and oxygen atoms in total. The van der Waals surface area contributed by atoms with Crippen LogP contribution in [0, 0.1) is 5.92 Å². The first-order chi connectivity index (χ1) is 9.56. The van der Waals surface area contributed by atoms with E-state index in [0.717, 1.165) is 0 Å². The van der Waals surface area contributed by atoms with Crippen molar-refractivity contribution in [1.82, 2.24) is 10.9 Å². The standard InChI is InChI=1S/C13H14N4O3/c1-8-11(13(20)17-15-8)6-12(19)16-14-7-9-3-2-4-10(18)5-9/h2-5,7,11,18H,6H2,1H3,(H,16,19)(H,17,20). The number of hydrazone groups is 2. The molecule has 20 heavy (non-hydrogen) atoms. The summed E-state index contributed by atoms with van der Waals surface area (Å²) in [6.07, 6.45) is 1.41. The summed E-state index contributed by atoms with van der Waals surface area (Å²) in [4.78, 5) is 23.0. The minimum Gasteiger partial charge on any atom is -0.508 e. The van der Waals surface area contributed by atoms with Crippen LogP contribution in [0.25, 0.3) is 0 Å². The summed E-state index contributed by atoms with van der Waals surface area (Å²) >= 11 is 0. The van der Waals surface area contributed by atoms with Crippen molar-refractivity contribution in [2.45, 2.75) is 13.3 Å². The van der Waals surface area contributed by atoms with Crippen LogP contribution in [0.4, 0.5) is 0 Å². The third kappa shape index (κ3) is 3.41. The molecule has 0 bridgehead atoms. The number of aromatic hydroxyl groups is 1. The molecule has 1 atom stereocenters. The van der Waals surface area contributed by atoms with E-state index in [1.165, 1.54) is 18.3 Å². The van der Waals surface area contributed by atoms with Crippen LogP contribution < -0.4 is 10.9 Å². The topological polar surface area (TPSA) is 103 Å². The van der Waals surface area contributed by atoms with Crippen molar-refractivity contribution in [1.29, 1.82) is 0 Å². The Morgan fingerprint density at radius 2 is 2.40 bits per heavy atom. The Hall–Kier alpha value is -2.70. The molecule has 0 spiro atoms. The summed E-state index contributed by atoms with van der Waals surface area (Å²) in [6.45, 7) is 1.69. The fraction of sp³-hybridized carbons (Fsp3) is 0.231. The number of carbonyl (C=O) groups is 2. The lowest BCUT2D eigenvalue weighted by Gasteiger charge is -2.05. The van der Waals surface area contributed by atoms with Crippen molar-refractivity contribution < 1.29 is 14.7 Å². The van der Waals surface area contributed by atoms with E-state index in [1.807, 2.05) is 0 Å². The van der Waals surface area contributed by atoms with Crippen molar-refractivity contribution in [3.8, 4) is 5.75 Å². The third-order valence-corrected chi connectivity index (χ3v) is 2.83. The van der Waals surface area contributed by atoms with Gasteiger partial charge in [0.2, 0.25) is 11.8 Å². The fourth-order valence-corrected chi connectivity index (χ4v) is 1.74.